The number of carboxylic acid groups (broad SMARTS) is 1. The van der Waals surface area contributed by atoms with Crippen LogP contribution in [0.5, 0.6) is 11.5 Å². The molecule has 0 aliphatic carbocycles. The standard InChI is InChI=1S/C16H21N3O4S/c1-3-19-14(17-18-16(19)24-11-15(20)21)5-4-10-23-13-8-6-12(22-2)7-9-13/h6-9H,3-5,10-11H2,1-2H3,(H,20,21). The SMILES string of the molecule is CCn1c(CCCOc2ccc(OC)cc2)nnc1SCC(=O)O. The summed E-state index contributed by atoms with van der Waals surface area (Å²) in [6, 6.07) is 7.45. The molecular weight excluding hydrogens is 330 g/mol. The van der Waals surface area contributed by atoms with Crippen molar-refractivity contribution in [3.8, 4) is 11.5 Å². The first-order valence-electron chi connectivity index (χ1n) is 7.67. The molecule has 0 radical (unpaired) electrons. The maximum Gasteiger partial charge on any atom is 0.313 e. The van der Waals surface area contributed by atoms with Crippen LogP contribution in [0.3, 0.4) is 0 Å². The molecule has 1 N–H and O–H groups in total. The molecule has 0 saturated carbocycles. The van der Waals surface area contributed by atoms with Crippen LogP contribution in [-0.4, -0.2) is 45.3 Å². The third kappa shape index (κ3) is 5.16. The van der Waals surface area contributed by atoms with Gasteiger partial charge in [-0.1, -0.05) is 11.8 Å². The van der Waals surface area contributed by atoms with Gasteiger partial charge >= 0.3 is 5.97 Å². The van der Waals surface area contributed by atoms with Crippen LogP contribution >= 0.6 is 11.8 Å². The summed E-state index contributed by atoms with van der Waals surface area (Å²) < 4.78 is 12.7. The summed E-state index contributed by atoms with van der Waals surface area (Å²) in [4.78, 5) is 10.7. The number of rotatable bonds is 10. The van der Waals surface area contributed by atoms with Crippen molar-refractivity contribution in [3.63, 3.8) is 0 Å². The lowest BCUT2D eigenvalue weighted by atomic mass is 10.3. The second-order valence-corrected chi connectivity index (χ2v) is 5.90. The van der Waals surface area contributed by atoms with E-state index in [-0.39, 0.29) is 5.75 Å². The van der Waals surface area contributed by atoms with Gasteiger partial charge in [0.2, 0.25) is 0 Å². The molecule has 1 heterocycles. The number of carboxylic acids is 1. The zero-order valence-electron chi connectivity index (χ0n) is 13.8. The van der Waals surface area contributed by atoms with Gasteiger partial charge in [-0.15, -0.1) is 10.2 Å². The Bertz CT molecular complexity index is 658. The van der Waals surface area contributed by atoms with E-state index in [0.717, 1.165) is 30.2 Å². The van der Waals surface area contributed by atoms with Crippen molar-refractivity contribution < 1.29 is 19.4 Å². The fraction of sp³-hybridized carbons (Fsp3) is 0.438. The van der Waals surface area contributed by atoms with Gasteiger partial charge in [0, 0.05) is 13.0 Å². The largest absolute Gasteiger partial charge is 0.497 e. The molecule has 0 bridgehead atoms. The molecule has 0 fully saturated rings. The summed E-state index contributed by atoms with van der Waals surface area (Å²) in [6.45, 7) is 3.27. The summed E-state index contributed by atoms with van der Waals surface area (Å²) in [5, 5.41) is 17.6. The number of ether oxygens (including phenoxy) is 2. The second-order valence-electron chi connectivity index (χ2n) is 4.95. The van der Waals surface area contributed by atoms with Crippen LogP contribution in [0.15, 0.2) is 29.4 Å². The molecule has 0 aliphatic rings. The highest BCUT2D eigenvalue weighted by Gasteiger charge is 2.12. The number of methoxy groups -OCH3 is 1. The van der Waals surface area contributed by atoms with Crippen molar-refractivity contribution in [2.45, 2.75) is 31.5 Å². The monoisotopic (exact) mass is 351 g/mol. The lowest BCUT2D eigenvalue weighted by Gasteiger charge is -2.08. The van der Waals surface area contributed by atoms with Gasteiger partial charge in [-0.2, -0.15) is 0 Å². The van der Waals surface area contributed by atoms with Gasteiger partial charge in [0.25, 0.3) is 0 Å². The smallest absolute Gasteiger partial charge is 0.313 e. The first-order chi connectivity index (χ1) is 11.6. The molecule has 2 aromatic rings. The third-order valence-electron chi connectivity index (χ3n) is 3.31. The van der Waals surface area contributed by atoms with E-state index in [2.05, 4.69) is 10.2 Å². The molecule has 0 amide bonds. The molecule has 130 valence electrons. The molecular formula is C16H21N3O4S. The predicted molar refractivity (Wildman–Crippen MR) is 90.9 cm³/mol. The Kier molecular flexibility index (Phi) is 6.92. The second kappa shape index (κ2) is 9.17. The number of nitrogens with zero attached hydrogens (tertiary/aromatic N) is 3. The summed E-state index contributed by atoms with van der Waals surface area (Å²) in [7, 11) is 1.63. The summed E-state index contributed by atoms with van der Waals surface area (Å²) >= 11 is 1.19. The van der Waals surface area contributed by atoms with E-state index in [1.807, 2.05) is 35.8 Å². The van der Waals surface area contributed by atoms with Crippen molar-refractivity contribution in [2.24, 2.45) is 0 Å². The predicted octanol–water partition coefficient (Wildman–Crippen LogP) is 2.49. The van der Waals surface area contributed by atoms with E-state index < -0.39 is 5.97 Å². The fourth-order valence-corrected chi connectivity index (χ4v) is 2.89. The van der Waals surface area contributed by atoms with Gasteiger partial charge in [-0.25, -0.2) is 0 Å². The summed E-state index contributed by atoms with van der Waals surface area (Å²) in [6.07, 6.45) is 1.53. The molecule has 0 saturated heterocycles. The number of carbonyl (C=O) groups is 1. The number of aromatic nitrogens is 3. The summed E-state index contributed by atoms with van der Waals surface area (Å²) in [5.41, 5.74) is 0. The Labute approximate surface area is 145 Å². The molecule has 7 nitrogen and oxygen atoms in total. The molecule has 2 rings (SSSR count). The zero-order valence-corrected chi connectivity index (χ0v) is 14.6. The van der Waals surface area contributed by atoms with Crippen molar-refractivity contribution in [1.82, 2.24) is 14.8 Å². The Hall–Kier alpha value is -2.22. The number of hydrogen-bond acceptors (Lipinski definition) is 6. The number of hydrogen-bond donors (Lipinski definition) is 1. The van der Waals surface area contributed by atoms with Crippen LogP contribution in [0.4, 0.5) is 0 Å². The quantitative estimate of drug-likeness (QED) is 0.520. The molecule has 0 aliphatic heterocycles. The Morgan fingerprint density at radius 2 is 1.96 bits per heavy atom. The van der Waals surface area contributed by atoms with Gasteiger partial charge in [0.1, 0.15) is 17.3 Å². The van der Waals surface area contributed by atoms with Crippen molar-refractivity contribution in [1.29, 1.82) is 0 Å². The van der Waals surface area contributed by atoms with Gasteiger partial charge in [0.05, 0.1) is 19.5 Å². The van der Waals surface area contributed by atoms with E-state index in [4.69, 9.17) is 14.6 Å². The molecule has 24 heavy (non-hydrogen) atoms. The zero-order chi connectivity index (χ0) is 17.4. The Balaban J connectivity index is 1.81. The van der Waals surface area contributed by atoms with E-state index in [0.29, 0.717) is 18.3 Å². The minimum Gasteiger partial charge on any atom is -0.497 e. The van der Waals surface area contributed by atoms with Crippen LogP contribution in [0.25, 0.3) is 0 Å². The van der Waals surface area contributed by atoms with Crippen molar-refractivity contribution in [3.05, 3.63) is 30.1 Å². The average molecular weight is 351 g/mol. The fourth-order valence-electron chi connectivity index (χ4n) is 2.15. The molecule has 0 unspecified atom stereocenters. The van der Waals surface area contributed by atoms with E-state index >= 15 is 0 Å². The first-order valence-corrected chi connectivity index (χ1v) is 8.66. The molecule has 1 aromatic carbocycles. The van der Waals surface area contributed by atoms with E-state index in [1.54, 1.807) is 7.11 Å². The highest BCUT2D eigenvalue weighted by Crippen LogP contribution is 2.19. The molecule has 0 spiro atoms. The van der Waals surface area contributed by atoms with Crippen molar-refractivity contribution in [2.75, 3.05) is 19.5 Å². The van der Waals surface area contributed by atoms with Crippen LogP contribution in [0.2, 0.25) is 0 Å². The summed E-state index contributed by atoms with van der Waals surface area (Å²) in [5.74, 6) is 1.57. The van der Waals surface area contributed by atoms with Gasteiger partial charge in [-0.3, -0.25) is 4.79 Å². The number of benzene rings is 1. The van der Waals surface area contributed by atoms with Crippen LogP contribution in [-0.2, 0) is 17.8 Å². The Morgan fingerprint density at radius 1 is 1.25 bits per heavy atom. The van der Waals surface area contributed by atoms with Crippen LogP contribution in [0.1, 0.15) is 19.2 Å². The topological polar surface area (TPSA) is 86.5 Å². The third-order valence-corrected chi connectivity index (χ3v) is 4.26. The number of aliphatic carboxylic acids is 1. The van der Waals surface area contributed by atoms with Gasteiger partial charge < -0.3 is 19.1 Å². The molecule has 0 atom stereocenters. The maximum atomic E-state index is 10.7. The first kappa shape index (κ1) is 18.1. The van der Waals surface area contributed by atoms with E-state index in [9.17, 15) is 4.79 Å². The van der Waals surface area contributed by atoms with Crippen molar-refractivity contribution >= 4 is 17.7 Å². The minimum atomic E-state index is -0.861. The molecule has 1 aromatic heterocycles. The average Bonchev–Trinajstić information content (AvgIpc) is 2.99. The normalized spacial score (nSPS) is 10.6. The number of aryl methyl sites for hydroxylation is 1. The van der Waals surface area contributed by atoms with Gasteiger partial charge in [0.15, 0.2) is 5.16 Å². The highest BCUT2D eigenvalue weighted by atomic mass is 32.2. The van der Waals surface area contributed by atoms with Crippen LogP contribution < -0.4 is 9.47 Å². The number of thioether (sulfide) groups is 1. The maximum absolute atomic E-state index is 10.7. The van der Waals surface area contributed by atoms with E-state index in [1.165, 1.54) is 11.8 Å². The Morgan fingerprint density at radius 3 is 2.58 bits per heavy atom. The highest BCUT2D eigenvalue weighted by molar-refractivity contribution is 7.99. The lowest BCUT2D eigenvalue weighted by Crippen LogP contribution is -2.07. The van der Waals surface area contributed by atoms with Crippen LogP contribution in [0, 0.1) is 0 Å². The lowest BCUT2D eigenvalue weighted by molar-refractivity contribution is -0.133. The van der Waals surface area contributed by atoms with Gasteiger partial charge in [-0.05, 0) is 37.6 Å². The molecule has 8 heteroatoms. The minimum absolute atomic E-state index is 0.0152.